The van der Waals surface area contributed by atoms with Crippen LogP contribution in [0.4, 0.5) is 5.69 Å². The minimum atomic E-state index is 0.647. The smallest absolute Gasteiger partial charge is 0.143 e. The number of halogens is 1. The summed E-state index contributed by atoms with van der Waals surface area (Å²) in [6, 6.07) is 3.80. The third kappa shape index (κ3) is 5.68. The maximum absolute atomic E-state index is 6.05. The Morgan fingerprint density at radius 3 is 2.63 bits per heavy atom. The lowest BCUT2D eigenvalue weighted by Crippen LogP contribution is -2.11. The maximum atomic E-state index is 6.05. The molecule has 0 radical (unpaired) electrons. The topological polar surface area (TPSA) is 39.7 Å². The molecule has 5 heteroatoms. The Morgan fingerprint density at radius 2 is 1.95 bits per heavy atom. The Kier molecular flexibility index (Phi) is 7.63. The van der Waals surface area contributed by atoms with Crippen LogP contribution in [0.2, 0.25) is 5.02 Å². The van der Waals surface area contributed by atoms with Gasteiger partial charge in [-0.05, 0) is 25.0 Å². The summed E-state index contributed by atoms with van der Waals surface area (Å²) in [7, 11) is 3.32. The van der Waals surface area contributed by atoms with Crippen LogP contribution in [0.3, 0.4) is 0 Å². The summed E-state index contributed by atoms with van der Waals surface area (Å²) in [5.41, 5.74) is 1.95. The summed E-state index contributed by atoms with van der Waals surface area (Å²) >= 11 is 6.05. The van der Waals surface area contributed by atoms with Gasteiger partial charge < -0.3 is 19.5 Å². The van der Waals surface area contributed by atoms with Crippen LogP contribution < -0.4 is 10.1 Å². The van der Waals surface area contributed by atoms with E-state index in [2.05, 4.69) is 5.32 Å². The van der Waals surface area contributed by atoms with Gasteiger partial charge in [0.15, 0.2) is 0 Å². The van der Waals surface area contributed by atoms with Gasteiger partial charge in [0.1, 0.15) is 5.75 Å². The van der Waals surface area contributed by atoms with E-state index in [-0.39, 0.29) is 0 Å². The molecule has 0 atom stereocenters. The molecule has 0 amide bonds. The lowest BCUT2D eigenvalue weighted by Gasteiger charge is -2.13. The van der Waals surface area contributed by atoms with E-state index in [1.165, 1.54) is 0 Å². The minimum Gasteiger partial charge on any atom is -0.495 e. The molecule has 0 aliphatic heterocycles. The molecule has 4 nitrogen and oxygen atoms in total. The van der Waals surface area contributed by atoms with Gasteiger partial charge in [-0.15, -0.1) is 0 Å². The number of hydrogen-bond acceptors (Lipinski definition) is 4. The Labute approximate surface area is 120 Å². The van der Waals surface area contributed by atoms with Crippen molar-refractivity contribution >= 4 is 17.3 Å². The molecule has 0 saturated carbocycles. The van der Waals surface area contributed by atoms with Crippen molar-refractivity contribution in [2.24, 2.45) is 0 Å². The van der Waals surface area contributed by atoms with E-state index >= 15 is 0 Å². The summed E-state index contributed by atoms with van der Waals surface area (Å²) in [5.74, 6) is 0.745. The van der Waals surface area contributed by atoms with Crippen LogP contribution in [0.15, 0.2) is 12.1 Å². The van der Waals surface area contributed by atoms with Gasteiger partial charge in [0.25, 0.3) is 0 Å². The Bertz CT molecular complexity index is 385. The molecule has 0 saturated heterocycles. The number of methoxy groups -OCH3 is 2. The van der Waals surface area contributed by atoms with Crippen molar-refractivity contribution in [1.29, 1.82) is 0 Å². The van der Waals surface area contributed by atoms with Crippen molar-refractivity contribution < 1.29 is 14.2 Å². The van der Waals surface area contributed by atoms with Crippen molar-refractivity contribution in [3.05, 3.63) is 22.7 Å². The first-order valence-electron chi connectivity index (χ1n) is 6.33. The highest BCUT2D eigenvalue weighted by Gasteiger charge is 2.06. The summed E-state index contributed by atoms with van der Waals surface area (Å²) in [5, 5.41) is 3.99. The molecule has 19 heavy (non-hydrogen) atoms. The number of benzene rings is 1. The zero-order chi connectivity index (χ0) is 14.1. The maximum Gasteiger partial charge on any atom is 0.143 e. The summed E-state index contributed by atoms with van der Waals surface area (Å²) < 4.78 is 15.7. The molecule has 0 aliphatic rings. The second kappa shape index (κ2) is 9.02. The highest BCUT2D eigenvalue weighted by Crippen LogP contribution is 2.30. The molecule has 0 spiro atoms. The van der Waals surface area contributed by atoms with Crippen LogP contribution >= 0.6 is 11.6 Å². The van der Waals surface area contributed by atoms with Gasteiger partial charge >= 0.3 is 0 Å². The number of aryl methyl sites for hydroxylation is 1. The lowest BCUT2D eigenvalue weighted by molar-refractivity contribution is 0.109. The fourth-order valence-electron chi connectivity index (χ4n) is 1.64. The zero-order valence-corrected chi connectivity index (χ0v) is 12.5. The van der Waals surface area contributed by atoms with Crippen LogP contribution in [0.1, 0.15) is 12.0 Å². The first-order chi connectivity index (χ1) is 9.19. The number of nitrogens with one attached hydrogen (secondary N) is 1. The fraction of sp³-hybridized carbons (Fsp3) is 0.571. The standard InChI is InChI=1S/C14H22ClNO3/c1-11-9-13(14(18-3)10-12(11)15)16-5-8-19-7-4-6-17-2/h9-10,16H,4-8H2,1-3H3. The molecular formula is C14H22ClNO3. The van der Waals surface area contributed by atoms with Crippen LogP contribution in [-0.4, -0.2) is 40.6 Å². The lowest BCUT2D eigenvalue weighted by atomic mass is 10.2. The van der Waals surface area contributed by atoms with Crippen molar-refractivity contribution in [2.45, 2.75) is 13.3 Å². The number of hydrogen-bond donors (Lipinski definition) is 1. The average Bonchev–Trinajstić information content (AvgIpc) is 2.41. The third-order valence-corrected chi connectivity index (χ3v) is 3.09. The number of anilines is 1. The Hall–Kier alpha value is -0.970. The normalized spacial score (nSPS) is 10.5. The van der Waals surface area contributed by atoms with E-state index in [0.717, 1.165) is 36.6 Å². The van der Waals surface area contributed by atoms with Gasteiger partial charge in [-0.1, -0.05) is 11.6 Å². The van der Waals surface area contributed by atoms with Crippen molar-refractivity contribution in [1.82, 2.24) is 0 Å². The molecule has 0 aromatic heterocycles. The molecule has 1 N–H and O–H groups in total. The molecule has 0 bridgehead atoms. The second-order valence-electron chi connectivity index (χ2n) is 4.19. The van der Waals surface area contributed by atoms with E-state index in [9.17, 15) is 0 Å². The predicted octanol–water partition coefficient (Wildman–Crippen LogP) is 3.12. The molecular weight excluding hydrogens is 266 g/mol. The molecule has 0 unspecified atom stereocenters. The zero-order valence-electron chi connectivity index (χ0n) is 11.8. The SMILES string of the molecule is COCCCOCCNc1cc(C)c(Cl)cc1OC. The van der Waals surface area contributed by atoms with E-state index in [0.29, 0.717) is 18.2 Å². The Balaban J connectivity index is 2.34. The van der Waals surface area contributed by atoms with Gasteiger partial charge in [-0.3, -0.25) is 0 Å². The largest absolute Gasteiger partial charge is 0.495 e. The summed E-state index contributed by atoms with van der Waals surface area (Å²) in [4.78, 5) is 0. The Morgan fingerprint density at radius 1 is 1.16 bits per heavy atom. The first-order valence-corrected chi connectivity index (χ1v) is 6.71. The molecule has 1 aromatic carbocycles. The highest BCUT2D eigenvalue weighted by molar-refractivity contribution is 6.31. The van der Waals surface area contributed by atoms with Crippen molar-refractivity contribution in [2.75, 3.05) is 45.9 Å². The predicted molar refractivity (Wildman–Crippen MR) is 78.5 cm³/mol. The molecule has 0 fully saturated rings. The van der Waals surface area contributed by atoms with E-state index in [1.807, 2.05) is 19.1 Å². The quantitative estimate of drug-likeness (QED) is 0.709. The summed E-state index contributed by atoms with van der Waals surface area (Å²) in [6.07, 6.45) is 0.917. The van der Waals surface area contributed by atoms with Crippen LogP contribution in [0.5, 0.6) is 5.75 Å². The molecule has 0 aliphatic carbocycles. The van der Waals surface area contributed by atoms with E-state index in [1.54, 1.807) is 14.2 Å². The van der Waals surface area contributed by atoms with Crippen molar-refractivity contribution in [3.8, 4) is 5.75 Å². The summed E-state index contributed by atoms with van der Waals surface area (Å²) in [6.45, 7) is 4.79. The van der Waals surface area contributed by atoms with Gasteiger partial charge in [0.05, 0.1) is 19.4 Å². The van der Waals surface area contributed by atoms with E-state index in [4.69, 9.17) is 25.8 Å². The van der Waals surface area contributed by atoms with Gasteiger partial charge in [0, 0.05) is 38.0 Å². The van der Waals surface area contributed by atoms with Gasteiger partial charge in [-0.2, -0.15) is 0 Å². The monoisotopic (exact) mass is 287 g/mol. The average molecular weight is 288 g/mol. The van der Waals surface area contributed by atoms with Gasteiger partial charge in [-0.25, -0.2) is 0 Å². The fourth-order valence-corrected chi connectivity index (χ4v) is 1.79. The van der Waals surface area contributed by atoms with Crippen LogP contribution in [0.25, 0.3) is 0 Å². The minimum absolute atomic E-state index is 0.647. The van der Waals surface area contributed by atoms with Gasteiger partial charge in [0.2, 0.25) is 0 Å². The second-order valence-corrected chi connectivity index (χ2v) is 4.59. The molecule has 108 valence electrons. The third-order valence-electron chi connectivity index (χ3n) is 2.68. The van der Waals surface area contributed by atoms with E-state index < -0.39 is 0 Å². The molecule has 1 aromatic rings. The molecule has 0 heterocycles. The highest BCUT2D eigenvalue weighted by atomic mass is 35.5. The van der Waals surface area contributed by atoms with Crippen molar-refractivity contribution in [3.63, 3.8) is 0 Å². The van der Waals surface area contributed by atoms with Crippen LogP contribution in [-0.2, 0) is 9.47 Å². The first kappa shape index (κ1) is 16.1. The number of ether oxygens (including phenoxy) is 3. The molecule has 1 rings (SSSR count). The number of rotatable bonds is 9. The van der Waals surface area contributed by atoms with Crippen LogP contribution in [0, 0.1) is 6.92 Å².